The number of rotatable bonds is 2. The highest BCUT2D eigenvalue weighted by Crippen LogP contribution is 2.37. The van der Waals surface area contributed by atoms with Crippen molar-refractivity contribution in [1.29, 1.82) is 5.26 Å². The molecule has 3 aromatic heterocycles. The number of alkyl halides is 1. The summed E-state index contributed by atoms with van der Waals surface area (Å²) in [6, 6.07) is 11.5. The van der Waals surface area contributed by atoms with E-state index in [1.165, 1.54) is 0 Å². The molecule has 4 aromatic rings. The number of carbonyl (C=O) groups is 2. The minimum Gasteiger partial charge on any atom is -0.376 e. The van der Waals surface area contributed by atoms with Crippen LogP contribution in [0, 0.1) is 11.3 Å². The van der Waals surface area contributed by atoms with Crippen LogP contribution in [0.2, 0.25) is 0 Å². The van der Waals surface area contributed by atoms with Crippen LogP contribution in [0.1, 0.15) is 42.1 Å². The van der Waals surface area contributed by atoms with Crippen molar-refractivity contribution in [3.8, 4) is 6.07 Å². The number of ketones is 1. The Morgan fingerprint density at radius 2 is 2.08 bits per heavy atom. The van der Waals surface area contributed by atoms with Gasteiger partial charge in [-0.25, -0.2) is 14.2 Å². The van der Waals surface area contributed by atoms with E-state index in [1.807, 2.05) is 47.1 Å². The molecule has 0 aliphatic carbocycles. The van der Waals surface area contributed by atoms with Gasteiger partial charge in [0.05, 0.1) is 53.4 Å². The van der Waals surface area contributed by atoms with Crippen molar-refractivity contribution in [2.45, 2.75) is 38.5 Å². The van der Waals surface area contributed by atoms with Crippen molar-refractivity contribution >= 4 is 39.6 Å². The number of nitrogens with zero attached hydrogens (tertiary/aromatic N) is 6. The van der Waals surface area contributed by atoms with E-state index in [1.54, 1.807) is 22.9 Å². The number of hydrogen-bond donors (Lipinski definition) is 1. The van der Waals surface area contributed by atoms with E-state index in [-0.39, 0.29) is 24.9 Å². The monoisotopic (exact) mass is 537 g/mol. The van der Waals surface area contributed by atoms with Gasteiger partial charge in [-0.2, -0.15) is 5.26 Å². The highest BCUT2D eigenvalue weighted by molar-refractivity contribution is 6.32. The van der Waals surface area contributed by atoms with Gasteiger partial charge in [-0.1, -0.05) is 6.07 Å². The molecular formula is C30H28FN7O2. The SMILES string of the molecule is CC1(F)CCCN(C(=O)N2CCn3cc(C4=C(c5cnc6ccccn56)C(=O)CN4)c4cc(C#N)cc(c43)C2)C1. The number of aromatic nitrogens is 3. The molecule has 3 aliphatic heterocycles. The predicted octanol–water partition coefficient (Wildman–Crippen LogP) is 3.96. The van der Waals surface area contributed by atoms with Gasteiger partial charge >= 0.3 is 6.03 Å². The summed E-state index contributed by atoms with van der Waals surface area (Å²) in [5.74, 6) is -0.0246. The molecule has 1 atom stereocenters. The lowest BCUT2D eigenvalue weighted by Gasteiger charge is -2.38. The Morgan fingerprint density at radius 1 is 1.20 bits per heavy atom. The van der Waals surface area contributed by atoms with Gasteiger partial charge in [0, 0.05) is 49.5 Å². The summed E-state index contributed by atoms with van der Waals surface area (Å²) in [4.78, 5) is 34.5. The number of Topliss-reactive ketones (excluding diaryl/α,β-unsaturated/α-hetero) is 1. The molecular weight excluding hydrogens is 509 g/mol. The smallest absolute Gasteiger partial charge is 0.320 e. The third-order valence-electron chi connectivity index (χ3n) is 8.24. The molecule has 3 aliphatic rings. The minimum absolute atomic E-state index is 0.0246. The van der Waals surface area contributed by atoms with Gasteiger partial charge in [-0.15, -0.1) is 0 Å². The van der Waals surface area contributed by atoms with Crippen molar-refractivity contribution in [3.63, 3.8) is 0 Å². The molecule has 0 bridgehead atoms. The van der Waals surface area contributed by atoms with Gasteiger partial charge in [-0.05, 0) is 49.6 Å². The minimum atomic E-state index is -1.38. The summed E-state index contributed by atoms with van der Waals surface area (Å²) < 4.78 is 18.7. The Labute approximate surface area is 230 Å². The maximum Gasteiger partial charge on any atom is 0.320 e. The van der Waals surface area contributed by atoms with Gasteiger partial charge < -0.3 is 19.7 Å². The molecule has 9 nitrogen and oxygen atoms in total. The van der Waals surface area contributed by atoms with Crippen molar-refractivity contribution in [1.82, 2.24) is 29.1 Å². The lowest BCUT2D eigenvalue weighted by molar-refractivity contribution is -0.112. The number of amides is 2. The van der Waals surface area contributed by atoms with Crippen LogP contribution >= 0.6 is 0 Å². The van der Waals surface area contributed by atoms with Crippen LogP contribution in [-0.2, 0) is 17.9 Å². The number of nitrogens with one attached hydrogen (secondary N) is 1. The molecule has 0 radical (unpaired) electrons. The van der Waals surface area contributed by atoms with Crippen LogP contribution in [-0.4, -0.2) is 67.4 Å². The fourth-order valence-electron chi connectivity index (χ4n) is 6.43. The number of carbonyl (C=O) groups excluding carboxylic acids is 2. The largest absolute Gasteiger partial charge is 0.376 e. The van der Waals surface area contributed by atoms with E-state index >= 15 is 0 Å². The average Bonchev–Trinajstić information content (AvgIpc) is 3.60. The first-order valence-corrected chi connectivity index (χ1v) is 13.6. The third-order valence-corrected chi connectivity index (χ3v) is 8.24. The number of fused-ring (bicyclic) bond motifs is 1. The number of benzene rings is 1. The number of nitriles is 1. The number of halogens is 1. The Hall–Kier alpha value is -4.65. The van der Waals surface area contributed by atoms with E-state index < -0.39 is 5.67 Å². The molecule has 0 saturated carbocycles. The molecule has 1 unspecified atom stereocenters. The molecule has 10 heteroatoms. The van der Waals surface area contributed by atoms with E-state index in [2.05, 4.69) is 20.9 Å². The van der Waals surface area contributed by atoms with Crippen molar-refractivity contribution in [2.24, 2.45) is 0 Å². The molecule has 6 heterocycles. The van der Waals surface area contributed by atoms with Gasteiger partial charge in [0.1, 0.15) is 11.3 Å². The average molecular weight is 538 g/mol. The van der Waals surface area contributed by atoms with E-state index in [4.69, 9.17) is 0 Å². The van der Waals surface area contributed by atoms with Gasteiger partial charge in [0.25, 0.3) is 0 Å². The number of imidazole rings is 1. The summed E-state index contributed by atoms with van der Waals surface area (Å²) in [6.45, 7) is 3.66. The first kappa shape index (κ1) is 24.4. The maximum atomic E-state index is 14.7. The summed E-state index contributed by atoms with van der Waals surface area (Å²) in [5.41, 5.74) is 4.46. The van der Waals surface area contributed by atoms with Crippen LogP contribution in [0.25, 0.3) is 27.8 Å². The van der Waals surface area contributed by atoms with E-state index in [9.17, 15) is 19.2 Å². The lowest BCUT2D eigenvalue weighted by atomic mass is 9.97. The summed E-state index contributed by atoms with van der Waals surface area (Å²) in [7, 11) is 0. The predicted molar refractivity (Wildman–Crippen MR) is 148 cm³/mol. The van der Waals surface area contributed by atoms with Gasteiger partial charge in [0.2, 0.25) is 0 Å². The number of piperidine rings is 1. The van der Waals surface area contributed by atoms with Crippen LogP contribution in [0.5, 0.6) is 0 Å². The Balaban J connectivity index is 1.33. The van der Waals surface area contributed by atoms with Crippen LogP contribution in [0.15, 0.2) is 48.9 Å². The lowest BCUT2D eigenvalue weighted by Crippen LogP contribution is -2.51. The second-order valence-corrected chi connectivity index (χ2v) is 11.1. The number of pyridine rings is 1. The summed E-state index contributed by atoms with van der Waals surface area (Å²) >= 11 is 0. The quantitative estimate of drug-likeness (QED) is 0.417. The van der Waals surface area contributed by atoms with Crippen molar-refractivity contribution < 1.29 is 14.0 Å². The summed E-state index contributed by atoms with van der Waals surface area (Å²) in [6.07, 6.45) is 6.71. The summed E-state index contributed by atoms with van der Waals surface area (Å²) in [5, 5.41) is 14.0. The van der Waals surface area contributed by atoms with Crippen LogP contribution < -0.4 is 5.32 Å². The Bertz CT molecular complexity index is 1790. The van der Waals surface area contributed by atoms with E-state index in [0.29, 0.717) is 61.5 Å². The Kier molecular flexibility index (Phi) is 5.46. The zero-order chi connectivity index (χ0) is 27.6. The third kappa shape index (κ3) is 3.84. The van der Waals surface area contributed by atoms with Crippen LogP contribution in [0.3, 0.4) is 0 Å². The van der Waals surface area contributed by atoms with Gasteiger partial charge in [-0.3, -0.25) is 9.20 Å². The second-order valence-electron chi connectivity index (χ2n) is 11.1. The molecule has 1 N–H and O–H groups in total. The number of urea groups is 1. The fourth-order valence-corrected chi connectivity index (χ4v) is 6.43. The highest BCUT2D eigenvalue weighted by Gasteiger charge is 2.36. The van der Waals surface area contributed by atoms with Crippen molar-refractivity contribution in [3.05, 3.63) is 71.3 Å². The zero-order valence-corrected chi connectivity index (χ0v) is 22.2. The first-order valence-electron chi connectivity index (χ1n) is 13.6. The number of hydrogen-bond acceptors (Lipinski definition) is 5. The fraction of sp³-hybridized carbons (Fsp3) is 0.333. The molecule has 1 saturated heterocycles. The van der Waals surface area contributed by atoms with E-state index in [0.717, 1.165) is 27.7 Å². The molecule has 1 fully saturated rings. The standard InChI is InChI=1S/C30H28FN7O2/c1-30(31)6-4-7-37(18-30)29(40)36-10-9-35-17-22(21-12-19(13-32)11-20(16-36)28(21)35)27-26(24(39)15-34-27)23-14-33-25-5-2-3-8-38(23)25/h2-3,5,8,11-12,14,17,34H,4,6-7,9-10,15-16,18H2,1H3. The van der Waals surface area contributed by atoms with Crippen molar-refractivity contribution in [2.75, 3.05) is 26.2 Å². The second kappa shape index (κ2) is 8.95. The molecule has 2 amide bonds. The highest BCUT2D eigenvalue weighted by atomic mass is 19.1. The molecule has 7 rings (SSSR count). The zero-order valence-electron chi connectivity index (χ0n) is 22.2. The normalized spacial score (nSPS) is 21.2. The van der Waals surface area contributed by atoms with Crippen LogP contribution in [0.4, 0.5) is 9.18 Å². The Morgan fingerprint density at radius 3 is 2.90 bits per heavy atom. The topological polar surface area (TPSA) is 98.7 Å². The molecule has 202 valence electrons. The number of likely N-dealkylation sites (tertiary alicyclic amines) is 1. The molecule has 40 heavy (non-hydrogen) atoms. The first-order chi connectivity index (χ1) is 19.3. The van der Waals surface area contributed by atoms with Gasteiger partial charge in [0.15, 0.2) is 5.78 Å². The molecule has 0 spiro atoms. The maximum absolute atomic E-state index is 14.7. The molecule has 1 aromatic carbocycles.